The summed E-state index contributed by atoms with van der Waals surface area (Å²) >= 11 is 0. The third kappa shape index (κ3) is 5.16. The first-order chi connectivity index (χ1) is 12.6. The molecule has 0 saturated carbocycles. The molecule has 6 nitrogen and oxygen atoms in total. The lowest BCUT2D eigenvalue weighted by Crippen LogP contribution is -2.41. The SMILES string of the molecule is COc1ccccc1C(C)NC(=O)CN(c1ccc(F)cc1F)S(C)(=O)=O. The molecule has 1 unspecified atom stereocenters. The number of hydrogen-bond donors (Lipinski definition) is 1. The highest BCUT2D eigenvalue weighted by atomic mass is 32.2. The number of halogens is 2. The van der Waals surface area contributed by atoms with Crippen molar-refractivity contribution in [1.29, 1.82) is 0 Å². The van der Waals surface area contributed by atoms with Crippen molar-refractivity contribution in [2.24, 2.45) is 0 Å². The number of ether oxygens (including phenoxy) is 1. The van der Waals surface area contributed by atoms with E-state index in [0.29, 0.717) is 21.7 Å². The van der Waals surface area contributed by atoms with Crippen LogP contribution >= 0.6 is 0 Å². The van der Waals surface area contributed by atoms with Crippen molar-refractivity contribution in [3.8, 4) is 5.75 Å². The maximum Gasteiger partial charge on any atom is 0.241 e. The highest BCUT2D eigenvalue weighted by Crippen LogP contribution is 2.25. The van der Waals surface area contributed by atoms with Crippen molar-refractivity contribution in [2.45, 2.75) is 13.0 Å². The molecular formula is C18H20F2N2O4S. The minimum Gasteiger partial charge on any atom is -0.496 e. The maximum atomic E-state index is 14.0. The number of hydrogen-bond acceptors (Lipinski definition) is 4. The van der Waals surface area contributed by atoms with Gasteiger partial charge in [0.1, 0.15) is 23.9 Å². The van der Waals surface area contributed by atoms with Gasteiger partial charge in [-0.1, -0.05) is 18.2 Å². The molecule has 0 aromatic heterocycles. The fraction of sp³-hybridized carbons (Fsp3) is 0.278. The Balaban J connectivity index is 2.22. The smallest absolute Gasteiger partial charge is 0.241 e. The molecule has 0 fully saturated rings. The summed E-state index contributed by atoms with van der Waals surface area (Å²) in [4.78, 5) is 12.4. The van der Waals surface area contributed by atoms with Crippen LogP contribution in [0.4, 0.5) is 14.5 Å². The molecule has 27 heavy (non-hydrogen) atoms. The number of amides is 1. The van der Waals surface area contributed by atoms with Crippen LogP contribution < -0.4 is 14.4 Å². The molecule has 2 aromatic rings. The van der Waals surface area contributed by atoms with Crippen LogP contribution in [0.15, 0.2) is 42.5 Å². The second-order valence-electron chi connectivity index (χ2n) is 5.90. The molecule has 0 spiro atoms. The van der Waals surface area contributed by atoms with E-state index in [0.717, 1.165) is 18.4 Å². The van der Waals surface area contributed by atoms with Crippen molar-refractivity contribution in [1.82, 2.24) is 5.32 Å². The van der Waals surface area contributed by atoms with Crippen molar-refractivity contribution in [3.05, 3.63) is 59.7 Å². The monoisotopic (exact) mass is 398 g/mol. The number of nitrogens with zero attached hydrogens (tertiary/aromatic N) is 1. The molecule has 2 aromatic carbocycles. The third-order valence-corrected chi connectivity index (χ3v) is 4.98. The van der Waals surface area contributed by atoms with Gasteiger partial charge in [0.2, 0.25) is 15.9 Å². The minimum atomic E-state index is -3.98. The molecule has 0 heterocycles. The van der Waals surface area contributed by atoms with Gasteiger partial charge in [0.15, 0.2) is 0 Å². The Kier molecular flexibility index (Phi) is 6.37. The van der Waals surface area contributed by atoms with Gasteiger partial charge >= 0.3 is 0 Å². The van der Waals surface area contributed by atoms with Crippen LogP contribution in [0.3, 0.4) is 0 Å². The fourth-order valence-electron chi connectivity index (χ4n) is 2.58. The number of para-hydroxylation sites is 1. The molecule has 0 aliphatic heterocycles. The number of sulfonamides is 1. The van der Waals surface area contributed by atoms with Crippen LogP contribution in [0.1, 0.15) is 18.5 Å². The molecule has 0 radical (unpaired) electrons. The van der Waals surface area contributed by atoms with Gasteiger partial charge in [0.05, 0.1) is 25.1 Å². The van der Waals surface area contributed by atoms with E-state index < -0.39 is 45.8 Å². The predicted molar refractivity (Wildman–Crippen MR) is 98.1 cm³/mol. The first-order valence-electron chi connectivity index (χ1n) is 7.98. The number of methoxy groups -OCH3 is 1. The van der Waals surface area contributed by atoms with Crippen LogP contribution in [0, 0.1) is 11.6 Å². The van der Waals surface area contributed by atoms with Crippen molar-refractivity contribution in [3.63, 3.8) is 0 Å². The van der Waals surface area contributed by atoms with Gasteiger partial charge in [-0.05, 0) is 25.1 Å². The summed E-state index contributed by atoms with van der Waals surface area (Å²) < 4.78 is 57.0. The Morgan fingerprint density at radius 2 is 1.89 bits per heavy atom. The fourth-order valence-corrected chi connectivity index (χ4v) is 3.44. The second kappa shape index (κ2) is 8.34. The molecule has 0 bridgehead atoms. The average Bonchev–Trinajstić information content (AvgIpc) is 2.59. The average molecular weight is 398 g/mol. The van der Waals surface area contributed by atoms with E-state index in [4.69, 9.17) is 4.74 Å². The van der Waals surface area contributed by atoms with Gasteiger partial charge in [-0.15, -0.1) is 0 Å². The van der Waals surface area contributed by atoms with Crippen LogP contribution in [-0.2, 0) is 14.8 Å². The lowest BCUT2D eigenvalue weighted by atomic mass is 10.1. The Bertz CT molecular complexity index is 935. The molecule has 0 aliphatic carbocycles. The zero-order chi connectivity index (χ0) is 20.2. The van der Waals surface area contributed by atoms with Gasteiger partial charge in [-0.25, -0.2) is 17.2 Å². The Hall–Kier alpha value is -2.68. The summed E-state index contributed by atoms with van der Waals surface area (Å²) in [6, 6.07) is 9.02. The second-order valence-corrected chi connectivity index (χ2v) is 7.80. The highest BCUT2D eigenvalue weighted by Gasteiger charge is 2.25. The maximum absolute atomic E-state index is 14.0. The minimum absolute atomic E-state index is 0.404. The molecule has 2 rings (SSSR count). The van der Waals surface area contributed by atoms with E-state index in [9.17, 15) is 22.0 Å². The van der Waals surface area contributed by atoms with Crippen LogP contribution in [-0.4, -0.2) is 34.2 Å². The lowest BCUT2D eigenvalue weighted by Gasteiger charge is -2.24. The molecule has 0 saturated heterocycles. The van der Waals surface area contributed by atoms with Gasteiger partial charge in [0.25, 0.3) is 0 Å². The summed E-state index contributed by atoms with van der Waals surface area (Å²) in [5.41, 5.74) is 0.297. The normalized spacial score (nSPS) is 12.3. The molecule has 1 atom stereocenters. The number of carbonyl (C=O) groups excluding carboxylic acids is 1. The number of benzene rings is 2. The zero-order valence-corrected chi connectivity index (χ0v) is 15.9. The lowest BCUT2D eigenvalue weighted by molar-refractivity contribution is -0.120. The Morgan fingerprint density at radius 3 is 2.48 bits per heavy atom. The largest absolute Gasteiger partial charge is 0.496 e. The number of nitrogens with one attached hydrogen (secondary N) is 1. The van der Waals surface area contributed by atoms with Gasteiger partial charge in [-0.2, -0.15) is 0 Å². The third-order valence-electron chi connectivity index (χ3n) is 3.85. The highest BCUT2D eigenvalue weighted by molar-refractivity contribution is 7.92. The van der Waals surface area contributed by atoms with E-state index in [1.807, 2.05) is 0 Å². The summed E-state index contributed by atoms with van der Waals surface area (Å²) in [7, 11) is -2.48. The first-order valence-corrected chi connectivity index (χ1v) is 9.83. The van der Waals surface area contributed by atoms with E-state index in [-0.39, 0.29) is 0 Å². The summed E-state index contributed by atoms with van der Waals surface area (Å²) in [6.45, 7) is 1.06. The van der Waals surface area contributed by atoms with E-state index in [1.54, 1.807) is 31.2 Å². The number of rotatable bonds is 7. The van der Waals surface area contributed by atoms with Crippen LogP contribution in [0.5, 0.6) is 5.75 Å². The Labute approximate surface area is 156 Å². The summed E-state index contributed by atoms with van der Waals surface area (Å²) in [6.07, 6.45) is 0.840. The molecule has 9 heteroatoms. The van der Waals surface area contributed by atoms with Crippen molar-refractivity contribution < 1.29 is 26.7 Å². The first kappa shape index (κ1) is 20.6. The van der Waals surface area contributed by atoms with E-state index in [1.165, 1.54) is 7.11 Å². The molecular weight excluding hydrogens is 378 g/mol. The number of anilines is 1. The van der Waals surface area contributed by atoms with Gasteiger partial charge in [0, 0.05) is 11.6 Å². The zero-order valence-electron chi connectivity index (χ0n) is 15.1. The van der Waals surface area contributed by atoms with Crippen LogP contribution in [0.25, 0.3) is 0 Å². The summed E-state index contributed by atoms with van der Waals surface area (Å²) in [5, 5.41) is 2.65. The van der Waals surface area contributed by atoms with Gasteiger partial charge in [-0.3, -0.25) is 9.10 Å². The van der Waals surface area contributed by atoms with Crippen molar-refractivity contribution in [2.75, 3.05) is 24.2 Å². The predicted octanol–water partition coefficient (Wildman–Crippen LogP) is 2.62. The molecule has 0 aliphatic rings. The summed E-state index contributed by atoms with van der Waals surface area (Å²) in [5.74, 6) is -2.01. The molecule has 146 valence electrons. The van der Waals surface area contributed by atoms with E-state index >= 15 is 0 Å². The topological polar surface area (TPSA) is 75.7 Å². The quantitative estimate of drug-likeness (QED) is 0.778. The van der Waals surface area contributed by atoms with E-state index in [2.05, 4.69) is 5.32 Å². The van der Waals surface area contributed by atoms with Crippen LogP contribution in [0.2, 0.25) is 0 Å². The standard InChI is InChI=1S/C18H20F2N2O4S/c1-12(14-6-4-5-7-17(14)26-2)21-18(23)11-22(27(3,24)25)16-9-8-13(19)10-15(16)20/h4-10,12H,11H2,1-3H3,(H,21,23). The van der Waals surface area contributed by atoms with Crippen molar-refractivity contribution >= 4 is 21.6 Å². The number of carbonyl (C=O) groups is 1. The molecule has 1 N–H and O–H groups in total. The van der Waals surface area contributed by atoms with Gasteiger partial charge < -0.3 is 10.1 Å². The Morgan fingerprint density at radius 1 is 1.22 bits per heavy atom. The molecule has 1 amide bonds.